The highest BCUT2D eigenvalue weighted by Crippen LogP contribution is 2.22. The van der Waals surface area contributed by atoms with Crippen LogP contribution < -0.4 is 4.72 Å². The van der Waals surface area contributed by atoms with E-state index in [1.807, 2.05) is 6.92 Å². The van der Waals surface area contributed by atoms with Gasteiger partial charge < -0.3 is 0 Å². The van der Waals surface area contributed by atoms with Crippen molar-refractivity contribution in [3.63, 3.8) is 0 Å². The molecule has 2 rings (SSSR count). The summed E-state index contributed by atoms with van der Waals surface area (Å²) in [6.45, 7) is 3.58. The number of hydrogen-bond acceptors (Lipinski definition) is 5. The van der Waals surface area contributed by atoms with Crippen molar-refractivity contribution in [3.05, 3.63) is 28.1 Å². The third-order valence-electron chi connectivity index (χ3n) is 2.46. The first-order chi connectivity index (χ1) is 8.81. The Kier molecular flexibility index (Phi) is 3.59. The largest absolute Gasteiger partial charge is 0.281 e. The molecule has 19 heavy (non-hydrogen) atoms. The van der Waals surface area contributed by atoms with Gasteiger partial charge in [0.05, 0.1) is 11.4 Å². The maximum Gasteiger partial charge on any atom is 0.281 e. The van der Waals surface area contributed by atoms with Crippen LogP contribution in [0.2, 0.25) is 0 Å². The number of aryl methyl sites for hydroxylation is 3. The average Bonchev–Trinajstić information content (AvgIpc) is 2.63. The molecule has 0 aliphatic carbocycles. The quantitative estimate of drug-likeness (QED) is 0.907. The molecule has 0 aromatic carbocycles. The summed E-state index contributed by atoms with van der Waals surface area (Å²) in [5.74, 6) is 0. The second kappa shape index (κ2) is 4.89. The van der Waals surface area contributed by atoms with E-state index in [2.05, 4.69) is 35.9 Å². The fraction of sp³-hybridized carbons (Fsp3) is 0.300. The number of nitrogens with one attached hydrogen (secondary N) is 1. The fourth-order valence-corrected chi connectivity index (χ4v) is 3.81. The van der Waals surface area contributed by atoms with Crippen LogP contribution in [-0.2, 0) is 17.1 Å². The zero-order chi connectivity index (χ0) is 14.2. The predicted octanol–water partition coefficient (Wildman–Crippen LogP) is 1.39. The van der Waals surface area contributed by atoms with E-state index < -0.39 is 10.0 Å². The zero-order valence-corrected chi connectivity index (χ0v) is 12.9. The zero-order valence-electron chi connectivity index (χ0n) is 10.5. The van der Waals surface area contributed by atoms with Gasteiger partial charge >= 0.3 is 0 Å². The maximum absolute atomic E-state index is 12.3. The number of aromatic nitrogens is 4. The summed E-state index contributed by atoms with van der Waals surface area (Å²) < 4.78 is 28.4. The Balaban J connectivity index is 2.42. The molecule has 2 aromatic rings. The normalized spacial score (nSPS) is 11.6. The first-order valence-corrected chi connectivity index (χ1v) is 7.61. The molecule has 0 fully saturated rings. The molecular formula is C10H12BrN5O2S. The summed E-state index contributed by atoms with van der Waals surface area (Å²) >= 11 is 3.07. The highest BCUT2D eigenvalue weighted by molar-refractivity contribution is 9.10. The van der Waals surface area contributed by atoms with Crippen LogP contribution in [0.25, 0.3) is 0 Å². The monoisotopic (exact) mass is 345 g/mol. The van der Waals surface area contributed by atoms with Gasteiger partial charge in [0.2, 0.25) is 5.03 Å². The van der Waals surface area contributed by atoms with E-state index in [-0.39, 0.29) is 9.63 Å². The smallest absolute Gasteiger partial charge is 0.276 e. The Hall–Kier alpha value is -1.48. The molecule has 0 unspecified atom stereocenters. The van der Waals surface area contributed by atoms with Crippen LogP contribution in [0.1, 0.15) is 11.4 Å². The summed E-state index contributed by atoms with van der Waals surface area (Å²) in [7, 11) is -2.26. The van der Waals surface area contributed by atoms with E-state index in [1.54, 1.807) is 19.1 Å². The minimum atomic E-state index is -3.77. The molecular weight excluding hydrogens is 334 g/mol. The van der Waals surface area contributed by atoms with Crippen molar-refractivity contribution < 1.29 is 8.42 Å². The minimum Gasteiger partial charge on any atom is -0.276 e. The van der Waals surface area contributed by atoms with Gasteiger partial charge in [0.25, 0.3) is 10.0 Å². The summed E-state index contributed by atoms with van der Waals surface area (Å²) in [5, 5.41) is 7.27. The van der Waals surface area contributed by atoms with Gasteiger partial charge in [0.15, 0.2) is 4.60 Å². The molecule has 9 heteroatoms. The molecule has 0 atom stereocenters. The molecule has 1 N–H and O–H groups in total. The minimum absolute atomic E-state index is 0.0347. The van der Waals surface area contributed by atoms with Gasteiger partial charge in [0, 0.05) is 12.7 Å². The predicted molar refractivity (Wildman–Crippen MR) is 73.2 cm³/mol. The van der Waals surface area contributed by atoms with Crippen LogP contribution in [0.3, 0.4) is 0 Å². The van der Waals surface area contributed by atoms with Crippen molar-refractivity contribution in [3.8, 4) is 0 Å². The topological polar surface area (TPSA) is 89.8 Å². The first-order valence-electron chi connectivity index (χ1n) is 5.33. The number of rotatable bonds is 3. The van der Waals surface area contributed by atoms with E-state index in [0.717, 1.165) is 5.69 Å². The lowest BCUT2D eigenvalue weighted by atomic mass is 10.3. The number of halogens is 1. The molecule has 102 valence electrons. The molecule has 0 aliphatic rings. The highest BCUT2D eigenvalue weighted by Gasteiger charge is 2.24. The molecule has 0 saturated heterocycles. The van der Waals surface area contributed by atoms with E-state index in [4.69, 9.17) is 0 Å². The lowest BCUT2D eigenvalue weighted by molar-refractivity contribution is 0.578. The lowest BCUT2D eigenvalue weighted by Crippen LogP contribution is -2.18. The van der Waals surface area contributed by atoms with E-state index in [9.17, 15) is 8.42 Å². The summed E-state index contributed by atoms with van der Waals surface area (Å²) in [5.41, 5.74) is 1.86. The Morgan fingerprint density at radius 2 is 2.00 bits per heavy atom. The Morgan fingerprint density at radius 1 is 1.32 bits per heavy atom. The number of pyridine rings is 1. The molecule has 0 spiro atoms. The number of nitrogens with zero attached hydrogens (tertiary/aromatic N) is 4. The summed E-state index contributed by atoms with van der Waals surface area (Å²) in [4.78, 5) is 4.21. The van der Waals surface area contributed by atoms with Crippen molar-refractivity contribution in [2.45, 2.75) is 18.9 Å². The molecule has 7 nitrogen and oxygen atoms in total. The number of hydrogen-bond donors (Lipinski definition) is 1. The average molecular weight is 346 g/mol. The third kappa shape index (κ3) is 2.76. The number of anilines is 1. The highest BCUT2D eigenvalue weighted by atomic mass is 79.9. The van der Waals surface area contributed by atoms with Crippen molar-refractivity contribution in [2.75, 3.05) is 4.72 Å². The molecule has 0 radical (unpaired) electrons. The van der Waals surface area contributed by atoms with Gasteiger partial charge in [-0.15, -0.1) is 5.10 Å². The fourth-order valence-electron chi connectivity index (χ4n) is 1.60. The molecule has 2 aromatic heterocycles. The Morgan fingerprint density at radius 3 is 2.53 bits per heavy atom. The number of sulfonamides is 1. The Bertz CT molecular complexity index is 706. The third-order valence-corrected chi connectivity index (χ3v) is 4.71. The maximum atomic E-state index is 12.3. The van der Waals surface area contributed by atoms with Crippen LogP contribution in [0.4, 0.5) is 5.69 Å². The van der Waals surface area contributed by atoms with Crippen LogP contribution >= 0.6 is 15.9 Å². The lowest BCUT2D eigenvalue weighted by Gasteiger charge is -2.10. The Labute approximate surface area is 119 Å². The molecule has 0 amide bonds. The molecule has 0 saturated carbocycles. The molecule has 2 heterocycles. The van der Waals surface area contributed by atoms with Gasteiger partial charge in [-0.05, 0) is 41.9 Å². The van der Waals surface area contributed by atoms with Gasteiger partial charge in [-0.3, -0.25) is 9.71 Å². The van der Waals surface area contributed by atoms with Crippen LogP contribution in [0.5, 0.6) is 0 Å². The van der Waals surface area contributed by atoms with Crippen molar-refractivity contribution >= 4 is 31.6 Å². The van der Waals surface area contributed by atoms with E-state index >= 15 is 0 Å². The van der Waals surface area contributed by atoms with Gasteiger partial charge in [-0.25, -0.2) is 4.68 Å². The standard InChI is InChI=1S/C10H12BrN5O2S/c1-6-4-5-8(7(2)12-6)14-19(17,18)10-9(11)13-15-16(10)3/h4-5,14H,1-3H3. The van der Waals surface area contributed by atoms with Gasteiger partial charge in [-0.1, -0.05) is 5.21 Å². The van der Waals surface area contributed by atoms with Crippen molar-refractivity contribution in [1.82, 2.24) is 20.0 Å². The van der Waals surface area contributed by atoms with Crippen LogP contribution in [0.15, 0.2) is 21.8 Å². The second-order valence-corrected chi connectivity index (χ2v) is 6.35. The van der Waals surface area contributed by atoms with Crippen LogP contribution in [0, 0.1) is 13.8 Å². The molecule has 0 bridgehead atoms. The SMILES string of the molecule is Cc1ccc(NS(=O)(=O)c2c(Br)nnn2C)c(C)n1. The van der Waals surface area contributed by atoms with Crippen LogP contribution in [-0.4, -0.2) is 28.4 Å². The first kappa shape index (κ1) is 13.9. The van der Waals surface area contributed by atoms with Crippen molar-refractivity contribution in [2.24, 2.45) is 7.05 Å². The van der Waals surface area contributed by atoms with Crippen molar-refractivity contribution in [1.29, 1.82) is 0 Å². The van der Waals surface area contributed by atoms with Gasteiger partial charge in [0.1, 0.15) is 0 Å². The second-order valence-electron chi connectivity index (χ2n) is 4.00. The molecule has 0 aliphatic heterocycles. The van der Waals surface area contributed by atoms with E-state index in [0.29, 0.717) is 11.4 Å². The van der Waals surface area contributed by atoms with E-state index in [1.165, 1.54) is 11.7 Å². The summed E-state index contributed by atoms with van der Waals surface area (Å²) in [6.07, 6.45) is 0. The summed E-state index contributed by atoms with van der Waals surface area (Å²) in [6, 6.07) is 3.41. The van der Waals surface area contributed by atoms with Gasteiger partial charge in [-0.2, -0.15) is 8.42 Å².